The van der Waals surface area contributed by atoms with E-state index in [9.17, 15) is 0 Å². The molecule has 0 atom stereocenters. The van der Waals surface area contributed by atoms with Gasteiger partial charge in [-0.15, -0.1) is 0 Å². The van der Waals surface area contributed by atoms with Crippen molar-refractivity contribution < 1.29 is 14.6 Å². The Bertz CT molecular complexity index is 221. The Kier molecular flexibility index (Phi) is 18.3. The Morgan fingerprint density at radius 2 is 1.32 bits per heavy atom. The zero-order valence-electron chi connectivity index (χ0n) is 14.9. The summed E-state index contributed by atoms with van der Waals surface area (Å²) >= 11 is 0. The first kappa shape index (κ1) is 21.6. The third-order valence-electron chi connectivity index (χ3n) is 3.54. The van der Waals surface area contributed by atoms with Crippen molar-refractivity contribution >= 4 is 0 Å². The van der Waals surface area contributed by atoms with E-state index in [0.29, 0.717) is 0 Å². The maximum absolute atomic E-state index is 8.65. The molecule has 0 aliphatic heterocycles. The fourth-order valence-corrected chi connectivity index (χ4v) is 2.30. The summed E-state index contributed by atoms with van der Waals surface area (Å²) in [6.07, 6.45) is 17.1. The summed E-state index contributed by atoms with van der Waals surface area (Å²) in [6.45, 7) is 6.14. The highest BCUT2D eigenvalue weighted by atomic mass is 16.7. The lowest BCUT2D eigenvalue weighted by Crippen LogP contribution is -2.18. The van der Waals surface area contributed by atoms with E-state index in [-0.39, 0.29) is 12.9 Å². The van der Waals surface area contributed by atoms with Crippen molar-refractivity contribution in [3.8, 4) is 0 Å². The van der Waals surface area contributed by atoms with E-state index in [1.54, 1.807) is 0 Å². The van der Waals surface area contributed by atoms with Crippen LogP contribution < -0.4 is 0 Å². The lowest BCUT2D eigenvalue weighted by atomic mass is 10.1. The number of ether oxygens (including phenoxy) is 2. The van der Waals surface area contributed by atoms with Gasteiger partial charge in [-0.05, 0) is 44.9 Å². The van der Waals surface area contributed by atoms with E-state index in [0.717, 1.165) is 45.3 Å². The van der Waals surface area contributed by atoms with Crippen molar-refractivity contribution in [1.82, 2.24) is 0 Å². The predicted octanol–water partition coefficient (Wildman–Crippen LogP) is 5.23. The molecule has 22 heavy (non-hydrogen) atoms. The highest BCUT2D eigenvalue weighted by Crippen LogP contribution is 2.13. The van der Waals surface area contributed by atoms with Gasteiger partial charge >= 0.3 is 0 Å². The molecule has 0 aliphatic carbocycles. The van der Waals surface area contributed by atoms with Crippen LogP contribution in [0.2, 0.25) is 0 Å². The van der Waals surface area contributed by atoms with Gasteiger partial charge in [-0.25, -0.2) is 0 Å². The molecule has 0 bridgehead atoms. The van der Waals surface area contributed by atoms with Gasteiger partial charge in [-0.2, -0.15) is 0 Å². The fourth-order valence-electron chi connectivity index (χ4n) is 2.30. The molecule has 1 N–H and O–H groups in total. The fraction of sp³-hybridized carbons (Fsp3) is 0.895. The number of aliphatic hydroxyl groups excluding tert-OH is 1. The maximum Gasteiger partial charge on any atom is 0.157 e. The lowest BCUT2D eigenvalue weighted by Gasteiger charge is -2.18. The van der Waals surface area contributed by atoms with Crippen LogP contribution in [0.15, 0.2) is 12.2 Å². The number of allylic oxidation sites excluding steroid dienone is 1. The second-order valence-corrected chi connectivity index (χ2v) is 5.85. The third-order valence-corrected chi connectivity index (χ3v) is 3.54. The summed E-state index contributed by atoms with van der Waals surface area (Å²) in [5, 5.41) is 8.65. The van der Waals surface area contributed by atoms with E-state index in [4.69, 9.17) is 14.6 Å². The quantitative estimate of drug-likeness (QED) is 0.227. The molecule has 3 nitrogen and oxygen atoms in total. The number of hydrogen-bond donors (Lipinski definition) is 1. The van der Waals surface area contributed by atoms with E-state index < -0.39 is 0 Å². The van der Waals surface area contributed by atoms with Gasteiger partial charge in [0.2, 0.25) is 0 Å². The monoisotopic (exact) mass is 314 g/mol. The van der Waals surface area contributed by atoms with Crippen molar-refractivity contribution in [3.05, 3.63) is 12.2 Å². The molecule has 0 aromatic carbocycles. The molecule has 0 fully saturated rings. The summed E-state index contributed by atoms with van der Waals surface area (Å²) in [6, 6.07) is 0. The van der Waals surface area contributed by atoms with E-state index in [1.165, 1.54) is 38.5 Å². The van der Waals surface area contributed by atoms with Crippen LogP contribution in [0, 0.1) is 0 Å². The molecule has 0 amide bonds. The van der Waals surface area contributed by atoms with Gasteiger partial charge in [0.25, 0.3) is 0 Å². The molecule has 0 saturated carbocycles. The molecule has 0 aromatic rings. The van der Waals surface area contributed by atoms with Gasteiger partial charge in [0.05, 0.1) is 0 Å². The third kappa shape index (κ3) is 16.0. The van der Waals surface area contributed by atoms with Gasteiger partial charge < -0.3 is 14.6 Å². The smallest absolute Gasteiger partial charge is 0.157 e. The van der Waals surface area contributed by atoms with Crippen LogP contribution in [0.4, 0.5) is 0 Å². The van der Waals surface area contributed by atoms with Crippen molar-refractivity contribution in [2.75, 3.05) is 19.8 Å². The summed E-state index contributed by atoms with van der Waals surface area (Å²) in [5.74, 6) is 0. The zero-order valence-corrected chi connectivity index (χ0v) is 14.9. The molecule has 0 spiro atoms. The van der Waals surface area contributed by atoms with E-state index in [1.807, 2.05) is 0 Å². The highest BCUT2D eigenvalue weighted by molar-refractivity contribution is 4.80. The van der Waals surface area contributed by atoms with Crippen LogP contribution in [0.25, 0.3) is 0 Å². The first-order chi connectivity index (χ1) is 10.8. The topological polar surface area (TPSA) is 38.7 Å². The molecule has 0 unspecified atom stereocenters. The Balaban J connectivity index is 3.40. The van der Waals surface area contributed by atoms with Crippen LogP contribution >= 0.6 is 0 Å². The summed E-state index contributed by atoms with van der Waals surface area (Å²) in [5.41, 5.74) is 0. The Morgan fingerprint density at radius 3 is 1.91 bits per heavy atom. The van der Waals surface area contributed by atoms with E-state index >= 15 is 0 Å². The predicted molar refractivity (Wildman–Crippen MR) is 94.1 cm³/mol. The number of aliphatic hydroxyl groups is 1. The van der Waals surface area contributed by atoms with Gasteiger partial charge in [0.15, 0.2) is 6.29 Å². The van der Waals surface area contributed by atoms with Gasteiger partial charge in [0.1, 0.15) is 0 Å². The van der Waals surface area contributed by atoms with Crippen LogP contribution in [0.1, 0.15) is 84.5 Å². The Labute approximate surface area is 138 Å². The number of hydrogen-bond acceptors (Lipinski definition) is 3. The minimum Gasteiger partial charge on any atom is -0.396 e. The molecular weight excluding hydrogens is 276 g/mol. The molecule has 0 aromatic heterocycles. The molecule has 0 aliphatic rings. The van der Waals surface area contributed by atoms with Gasteiger partial charge in [0, 0.05) is 19.8 Å². The minimum atomic E-state index is 0.0107. The van der Waals surface area contributed by atoms with Crippen molar-refractivity contribution in [1.29, 1.82) is 0 Å². The first-order valence-corrected chi connectivity index (χ1v) is 9.34. The van der Waals surface area contributed by atoms with Gasteiger partial charge in [-0.1, -0.05) is 51.7 Å². The van der Waals surface area contributed by atoms with Gasteiger partial charge in [-0.3, -0.25) is 0 Å². The Hall–Kier alpha value is -0.380. The maximum atomic E-state index is 8.65. The van der Waals surface area contributed by atoms with Crippen molar-refractivity contribution in [2.45, 2.75) is 90.8 Å². The second kappa shape index (κ2) is 18.7. The summed E-state index contributed by atoms with van der Waals surface area (Å²) < 4.78 is 11.5. The van der Waals surface area contributed by atoms with E-state index in [2.05, 4.69) is 26.0 Å². The SMILES string of the molecule is CCCOC(CCCCCCCC/C=C\CCO)OCCC. The molecule has 3 heteroatoms. The van der Waals surface area contributed by atoms with Crippen LogP contribution in [-0.4, -0.2) is 31.2 Å². The average molecular weight is 315 g/mol. The number of unbranched alkanes of at least 4 members (excludes halogenated alkanes) is 6. The van der Waals surface area contributed by atoms with Crippen molar-refractivity contribution in [2.24, 2.45) is 0 Å². The van der Waals surface area contributed by atoms with Crippen molar-refractivity contribution in [3.63, 3.8) is 0 Å². The highest BCUT2D eigenvalue weighted by Gasteiger charge is 2.08. The first-order valence-electron chi connectivity index (χ1n) is 9.34. The van der Waals surface area contributed by atoms with Crippen LogP contribution in [-0.2, 0) is 9.47 Å². The van der Waals surface area contributed by atoms with Crippen LogP contribution in [0.3, 0.4) is 0 Å². The molecule has 0 saturated heterocycles. The molecular formula is C19H38O3. The standard InChI is InChI=1S/C19H38O3/c1-3-17-21-19(22-18-4-2)15-13-11-9-7-5-6-8-10-12-14-16-20/h10,12,19-20H,3-9,11,13-18H2,1-2H3/b12-10-. The number of rotatable bonds is 17. The average Bonchev–Trinajstić information content (AvgIpc) is 2.54. The molecule has 0 heterocycles. The Morgan fingerprint density at radius 1 is 0.773 bits per heavy atom. The lowest BCUT2D eigenvalue weighted by molar-refractivity contribution is -0.146. The minimum absolute atomic E-state index is 0.0107. The largest absolute Gasteiger partial charge is 0.396 e. The normalized spacial score (nSPS) is 11.8. The van der Waals surface area contributed by atoms with Crippen LogP contribution in [0.5, 0.6) is 0 Å². The summed E-state index contributed by atoms with van der Waals surface area (Å²) in [7, 11) is 0. The zero-order chi connectivity index (χ0) is 16.3. The molecule has 0 rings (SSSR count). The molecule has 132 valence electrons. The summed E-state index contributed by atoms with van der Waals surface area (Å²) in [4.78, 5) is 0. The second-order valence-electron chi connectivity index (χ2n) is 5.85. The molecule has 0 radical (unpaired) electrons.